The standard InChI is InChI=1S/C14H16Br2N2O3/c15-8-5-10(14(20)21)12(11(16)6-8)18-13(19)7-1-3-9(17)4-2-7/h5-7,9H,1-4,17H2,(H,18,19)(H,20,21). The molecule has 0 saturated heterocycles. The fourth-order valence-electron chi connectivity index (χ4n) is 2.48. The summed E-state index contributed by atoms with van der Waals surface area (Å²) < 4.78 is 1.17. The van der Waals surface area contributed by atoms with Gasteiger partial charge >= 0.3 is 5.97 Å². The summed E-state index contributed by atoms with van der Waals surface area (Å²) in [5, 5.41) is 12.0. The number of nitrogens with two attached hydrogens (primary N) is 1. The fraction of sp³-hybridized carbons (Fsp3) is 0.429. The summed E-state index contributed by atoms with van der Waals surface area (Å²) in [4.78, 5) is 23.6. The second-order valence-corrected chi connectivity index (χ2v) is 6.99. The van der Waals surface area contributed by atoms with Gasteiger partial charge in [0.25, 0.3) is 0 Å². The zero-order valence-corrected chi connectivity index (χ0v) is 14.4. The van der Waals surface area contributed by atoms with Crippen LogP contribution in [-0.4, -0.2) is 23.0 Å². The van der Waals surface area contributed by atoms with Gasteiger partial charge in [-0.2, -0.15) is 0 Å². The number of rotatable bonds is 3. The predicted octanol–water partition coefficient (Wildman–Crippen LogP) is 3.37. The molecule has 0 radical (unpaired) electrons. The molecule has 0 aliphatic heterocycles. The summed E-state index contributed by atoms with van der Waals surface area (Å²) in [6.07, 6.45) is 3.13. The van der Waals surface area contributed by atoms with Crippen LogP contribution in [0.5, 0.6) is 0 Å². The second kappa shape index (κ2) is 6.89. The molecule has 1 aromatic carbocycles. The summed E-state index contributed by atoms with van der Waals surface area (Å²) in [6, 6.07) is 3.35. The van der Waals surface area contributed by atoms with Crippen LogP contribution in [0, 0.1) is 5.92 Å². The van der Waals surface area contributed by atoms with E-state index in [0.717, 1.165) is 25.7 Å². The normalized spacial score (nSPS) is 21.9. The molecule has 7 heteroatoms. The first-order valence-corrected chi connectivity index (χ1v) is 8.26. The minimum absolute atomic E-state index is 0.0529. The molecule has 114 valence electrons. The van der Waals surface area contributed by atoms with Crippen LogP contribution in [0.25, 0.3) is 0 Å². The molecule has 0 heterocycles. The lowest BCUT2D eigenvalue weighted by molar-refractivity contribution is -0.120. The zero-order valence-electron chi connectivity index (χ0n) is 11.2. The Morgan fingerprint density at radius 1 is 1.19 bits per heavy atom. The van der Waals surface area contributed by atoms with Crippen molar-refractivity contribution >= 4 is 49.4 Å². The van der Waals surface area contributed by atoms with Crippen LogP contribution in [0.2, 0.25) is 0 Å². The highest BCUT2D eigenvalue weighted by molar-refractivity contribution is 9.11. The monoisotopic (exact) mass is 418 g/mol. The number of carboxylic acids is 1. The number of halogens is 2. The summed E-state index contributed by atoms with van der Waals surface area (Å²) in [5.74, 6) is -1.34. The van der Waals surface area contributed by atoms with E-state index in [0.29, 0.717) is 14.6 Å². The number of carbonyl (C=O) groups is 2. The van der Waals surface area contributed by atoms with Gasteiger partial charge in [-0.1, -0.05) is 15.9 Å². The molecule has 1 aliphatic carbocycles. The van der Waals surface area contributed by atoms with E-state index >= 15 is 0 Å². The quantitative estimate of drug-likeness (QED) is 0.700. The van der Waals surface area contributed by atoms with Crippen LogP contribution in [0.3, 0.4) is 0 Å². The van der Waals surface area contributed by atoms with Crippen molar-refractivity contribution in [3.8, 4) is 0 Å². The Hall–Kier alpha value is -0.920. The van der Waals surface area contributed by atoms with Crippen molar-refractivity contribution in [1.29, 1.82) is 0 Å². The predicted molar refractivity (Wildman–Crippen MR) is 87.4 cm³/mol. The molecule has 2 rings (SSSR count). The molecule has 1 amide bonds. The summed E-state index contributed by atoms with van der Waals surface area (Å²) in [7, 11) is 0. The Balaban J connectivity index is 2.19. The molecule has 5 nitrogen and oxygen atoms in total. The first kappa shape index (κ1) is 16.5. The highest BCUT2D eigenvalue weighted by Gasteiger charge is 2.26. The van der Waals surface area contributed by atoms with Gasteiger partial charge in [-0.15, -0.1) is 0 Å². The summed E-state index contributed by atoms with van der Waals surface area (Å²) in [6.45, 7) is 0. The summed E-state index contributed by atoms with van der Waals surface area (Å²) >= 11 is 6.55. The average molecular weight is 420 g/mol. The largest absolute Gasteiger partial charge is 0.478 e. The molecule has 0 bridgehead atoms. The molecular weight excluding hydrogens is 404 g/mol. The minimum Gasteiger partial charge on any atom is -0.478 e. The van der Waals surface area contributed by atoms with Gasteiger partial charge < -0.3 is 16.2 Å². The number of amides is 1. The van der Waals surface area contributed by atoms with Gasteiger partial charge in [-0.05, 0) is 53.7 Å². The topological polar surface area (TPSA) is 92.4 Å². The minimum atomic E-state index is -1.09. The Morgan fingerprint density at radius 3 is 2.38 bits per heavy atom. The first-order valence-electron chi connectivity index (χ1n) is 6.67. The SMILES string of the molecule is NC1CCC(C(=O)Nc2c(Br)cc(Br)cc2C(=O)O)CC1. The van der Waals surface area contributed by atoms with Crippen molar-refractivity contribution in [1.82, 2.24) is 0 Å². The summed E-state index contributed by atoms with van der Waals surface area (Å²) in [5.41, 5.74) is 6.18. The van der Waals surface area contributed by atoms with Crippen molar-refractivity contribution in [2.75, 3.05) is 5.32 Å². The van der Waals surface area contributed by atoms with E-state index in [2.05, 4.69) is 37.2 Å². The second-order valence-electron chi connectivity index (χ2n) is 5.22. The van der Waals surface area contributed by atoms with E-state index < -0.39 is 5.97 Å². The number of aromatic carboxylic acids is 1. The maximum Gasteiger partial charge on any atom is 0.337 e. The van der Waals surface area contributed by atoms with E-state index in [1.807, 2.05) is 0 Å². The van der Waals surface area contributed by atoms with Crippen LogP contribution in [0.1, 0.15) is 36.0 Å². The maximum absolute atomic E-state index is 12.3. The average Bonchev–Trinajstić information content (AvgIpc) is 2.41. The van der Waals surface area contributed by atoms with Crippen molar-refractivity contribution < 1.29 is 14.7 Å². The third kappa shape index (κ3) is 4.05. The highest BCUT2D eigenvalue weighted by atomic mass is 79.9. The van der Waals surface area contributed by atoms with E-state index in [4.69, 9.17) is 5.73 Å². The lowest BCUT2D eigenvalue weighted by Crippen LogP contribution is -2.32. The molecule has 1 fully saturated rings. The number of anilines is 1. The van der Waals surface area contributed by atoms with Crippen molar-refractivity contribution in [3.05, 3.63) is 26.6 Å². The van der Waals surface area contributed by atoms with Gasteiger partial charge in [0.2, 0.25) is 5.91 Å². The molecule has 21 heavy (non-hydrogen) atoms. The molecule has 0 atom stereocenters. The molecular formula is C14H16Br2N2O3. The lowest BCUT2D eigenvalue weighted by atomic mass is 9.86. The molecule has 0 aromatic heterocycles. The molecule has 0 spiro atoms. The van der Waals surface area contributed by atoms with Gasteiger partial charge in [-0.3, -0.25) is 4.79 Å². The Morgan fingerprint density at radius 2 is 1.81 bits per heavy atom. The van der Waals surface area contributed by atoms with Crippen LogP contribution in [0.15, 0.2) is 21.1 Å². The Kier molecular flexibility index (Phi) is 5.40. The van der Waals surface area contributed by atoms with Gasteiger partial charge in [0.1, 0.15) is 0 Å². The molecule has 1 saturated carbocycles. The van der Waals surface area contributed by atoms with E-state index in [1.165, 1.54) is 6.07 Å². The Labute approximate surface area is 139 Å². The number of benzene rings is 1. The molecule has 0 unspecified atom stereocenters. The van der Waals surface area contributed by atoms with E-state index in [1.54, 1.807) is 6.07 Å². The lowest BCUT2D eigenvalue weighted by Gasteiger charge is -2.25. The van der Waals surface area contributed by atoms with Gasteiger partial charge in [0.15, 0.2) is 0 Å². The third-order valence-electron chi connectivity index (χ3n) is 3.68. The van der Waals surface area contributed by atoms with Gasteiger partial charge in [-0.25, -0.2) is 4.79 Å². The third-order valence-corrected chi connectivity index (χ3v) is 4.76. The number of carboxylic acid groups (broad SMARTS) is 1. The van der Waals surface area contributed by atoms with E-state index in [9.17, 15) is 14.7 Å². The van der Waals surface area contributed by atoms with Crippen LogP contribution < -0.4 is 11.1 Å². The van der Waals surface area contributed by atoms with Crippen LogP contribution in [-0.2, 0) is 4.79 Å². The molecule has 4 N–H and O–H groups in total. The maximum atomic E-state index is 12.3. The van der Waals surface area contributed by atoms with Crippen LogP contribution >= 0.6 is 31.9 Å². The van der Waals surface area contributed by atoms with Crippen LogP contribution in [0.4, 0.5) is 5.69 Å². The van der Waals surface area contributed by atoms with Crippen molar-refractivity contribution in [2.45, 2.75) is 31.7 Å². The zero-order chi connectivity index (χ0) is 15.6. The molecule has 1 aromatic rings. The number of hydrogen-bond donors (Lipinski definition) is 3. The number of nitrogens with one attached hydrogen (secondary N) is 1. The first-order chi connectivity index (χ1) is 9.88. The molecule has 1 aliphatic rings. The number of hydrogen-bond acceptors (Lipinski definition) is 3. The van der Waals surface area contributed by atoms with Crippen molar-refractivity contribution in [3.63, 3.8) is 0 Å². The number of carbonyl (C=O) groups excluding carboxylic acids is 1. The smallest absolute Gasteiger partial charge is 0.337 e. The van der Waals surface area contributed by atoms with Gasteiger partial charge in [0, 0.05) is 20.9 Å². The van der Waals surface area contributed by atoms with Gasteiger partial charge in [0.05, 0.1) is 11.3 Å². The highest BCUT2D eigenvalue weighted by Crippen LogP contribution is 2.32. The fourth-order valence-corrected chi connectivity index (χ4v) is 3.80. The Bertz CT molecular complexity index is 570. The van der Waals surface area contributed by atoms with Crippen molar-refractivity contribution in [2.24, 2.45) is 11.7 Å². The van der Waals surface area contributed by atoms with E-state index in [-0.39, 0.29) is 23.4 Å².